The molecule has 0 N–H and O–H groups in total. The summed E-state index contributed by atoms with van der Waals surface area (Å²) in [4.78, 5) is 23.2. The van der Waals surface area contributed by atoms with Gasteiger partial charge in [0.25, 0.3) is 0 Å². The van der Waals surface area contributed by atoms with Gasteiger partial charge in [0, 0.05) is 29.2 Å². The second kappa shape index (κ2) is 6.83. The molecule has 0 amide bonds. The third-order valence-corrected chi connectivity index (χ3v) is 3.35. The Morgan fingerprint density at radius 2 is 1.88 bits per heavy atom. The number of rotatable bonds is 4. The minimum Gasteiger partial charge on any atom is -0.496 e. The molecule has 5 heteroatoms. The van der Waals surface area contributed by atoms with Gasteiger partial charge in [0.05, 0.1) is 7.11 Å². The number of hydrogen-bond acceptors (Lipinski definition) is 5. The van der Waals surface area contributed by atoms with Gasteiger partial charge < -0.3 is 13.9 Å². The lowest BCUT2D eigenvalue weighted by Gasteiger charge is -2.04. The van der Waals surface area contributed by atoms with Gasteiger partial charge in [0.2, 0.25) is 0 Å². The van der Waals surface area contributed by atoms with Crippen molar-refractivity contribution in [1.82, 2.24) is 0 Å². The van der Waals surface area contributed by atoms with E-state index in [-0.39, 0.29) is 0 Å². The molecule has 3 aromatic rings. The van der Waals surface area contributed by atoms with Gasteiger partial charge in [-0.05, 0) is 30.3 Å². The predicted molar refractivity (Wildman–Crippen MR) is 90.1 cm³/mol. The molecule has 24 heavy (non-hydrogen) atoms. The van der Waals surface area contributed by atoms with Gasteiger partial charge in [-0.1, -0.05) is 18.2 Å². The molecule has 0 saturated heterocycles. The minimum atomic E-state index is -0.543. The smallest absolute Gasteiger partial charge is 0.336 e. The van der Waals surface area contributed by atoms with Gasteiger partial charge in [-0.2, -0.15) is 0 Å². The molecular weight excluding hydrogens is 308 g/mol. The third kappa shape index (κ3) is 3.52. The topological polar surface area (TPSA) is 65.7 Å². The van der Waals surface area contributed by atoms with Crippen LogP contribution in [0.2, 0.25) is 0 Å². The van der Waals surface area contributed by atoms with E-state index in [1.807, 2.05) is 18.2 Å². The summed E-state index contributed by atoms with van der Waals surface area (Å²) in [6.45, 7) is 0. The van der Waals surface area contributed by atoms with Gasteiger partial charge in [-0.15, -0.1) is 0 Å². The summed E-state index contributed by atoms with van der Waals surface area (Å²) in [6, 6.07) is 15.2. The van der Waals surface area contributed by atoms with Gasteiger partial charge in [0.15, 0.2) is 0 Å². The van der Waals surface area contributed by atoms with Crippen molar-refractivity contribution in [2.75, 3.05) is 7.11 Å². The van der Waals surface area contributed by atoms with E-state index in [4.69, 9.17) is 13.9 Å². The summed E-state index contributed by atoms with van der Waals surface area (Å²) in [7, 11) is 1.56. The fourth-order valence-electron chi connectivity index (χ4n) is 2.22. The van der Waals surface area contributed by atoms with E-state index in [9.17, 15) is 9.59 Å². The number of para-hydroxylation sites is 1. The Kier molecular flexibility index (Phi) is 4.43. The zero-order valence-corrected chi connectivity index (χ0v) is 12.9. The maximum atomic E-state index is 11.9. The fraction of sp³-hybridized carbons (Fsp3) is 0.0526. The Bertz CT molecular complexity index is 969. The molecule has 0 aliphatic carbocycles. The molecule has 0 saturated carbocycles. The molecule has 0 fully saturated rings. The van der Waals surface area contributed by atoms with E-state index in [1.165, 1.54) is 18.2 Å². The number of ether oxygens (including phenoxy) is 2. The molecule has 0 aliphatic heterocycles. The molecular formula is C19H14O5. The molecule has 0 bridgehead atoms. The molecule has 5 nitrogen and oxygen atoms in total. The summed E-state index contributed by atoms with van der Waals surface area (Å²) in [5.41, 5.74) is 0.671. The number of fused-ring (bicyclic) bond motifs is 1. The Balaban J connectivity index is 1.77. The summed E-state index contributed by atoms with van der Waals surface area (Å²) >= 11 is 0. The zero-order valence-electron chi connectivity index (χ0n) is 12.9. The fourth-order valence-corrected chi connectivity index (χ4v) is 2.22. The van der Waals surface area contributed by atoms with Gasteiger partial charge in [-0.25, -0.2) is 9.59 Å². The summed E-state index contributed by atoms with van der Waals surface area (Å²) in [6.07, 6.45) is 2.92. The maximum Gasteiger partial charge on any atom is 0.336 e. The van der Waals surface area contributed by atoms with Crippen LogP contribution >= 0.6 is 0 Å². The Hall–Kier alpha value is -3.34. The predicted octanol–water partition coefficient (Wildman–Crippen LogP) is 3.42. The van der Waals surface area contributed by atoms with Crippen LogP contribution in [0.1, 0.15) is 5.56 Å². The second-order valence-electron chi connectivity index (χ2n) is 4.95. The van der Waals surface area contributed by atoms with Crippen molar-refractivity contribution in [2.24, 2.45) is 0 Å². The number of hydrogen-bond donors (Lipinski definition) is 0. The first kappa shape index (κ1) is 15.6. The molecule has 0 aliphatic rings. The van der Waals surface area contributed by atoms with E-state index in [2.05, 4.69) is 0 Å². The van der Waals surface area contributed by atoms with E-state index in [0.29, 0.717) is 17.1 Å². The van der Waals surface area contributed by atoms with Crippen LogP contribution in [0.5, 0.6) is 11.5 Å². The lowest BCUT2D eigenvalue weighted by molar-refractivity contribution is -0.128. The minimum absolute atomic E-state index is 0.298. The average molecular weight is 322 g/mol. The van der Waals surface area contributed by atoms with Crippen LogP contribution in [0.4, 0.5) is 0 Å². The van der Waals surface area contributed by atoms with Crippen molar-refractivity contribution in [3.63, 3.8) is 0 Å². The average Bonchev–Trinajstić information content (AvgIpc) is 2.60. The highest BCUT2D eigenvalue weighted by atomic mass is 16.5. The molecule has 1 heterocycles. The lowest BCUT2D eigenvalue weighted by atomic mass is 10.2. The normalized spacial score (nSPS) is 10.9. The molecule has 1 aromatic heterocycles. The molecule has 0 spiro atoms. The van der Waals surface area contributed by atoms with Crippen LogP contribution in [0.25, 0.3) is 17.0 Å². The summed E-state index contributed by atoms with van der Waals surface area (Å²) in [5, 5.41) is 0.749. The number of carbonyl (C=O) groups excluding carboxylic acids is 1. The van der Waals surface area contributed by atoms with Crippen LogP contribution in [0, 0.1) is 0 Å². The SMILES string of the molecule is COc1ccccc1/C=C/C(=O)Oc1ccc2ccc(=O)oc2c1. The first-order valence-electron chi connectivity index (χ1n) is 7.22. The number of esters is 1. The van der Waals surface area contributed by atoms with E-state index in [1.54, 1.807) is 37.5 Å². The van der Waals surface area contributed by atoms with Crippen molar-refractivity contribution in [3.8, 4) is 11.5 Å². The standard InChI is InChI=1S/C19H14O5/c1-22-16-5-3-2-4-13(16)7-10-18(20)23-15-9-6-14-8-11-19(21)24-17(14)12-15/h2-12H,1H3/b10-7+. The third-order valence-electron chi connectivity index (χ3n) is 3.35. The van der Waals surface area contributed by atoms with E-state index in [0.717, 1.165) is 10.9 Å². The van der Waals surface area contributed by atoms with Crippen molar-refractivity contribution in [2.45, 2.75) is 0 Å². The largest absolute Gasteiger partial charge is 0.496 e. The van der Waals surface area contributed by atoms with Crippen LogP contribution in [-0.2, 0) is 4.79 Å². The highest BCUT2D eigenvalue weighted by Crippen LogP contribution is 2.21. The highest BCUT2D eigenvalue weighted by molar-refractivity contribution is 5.89. The number of benzene rings is 2. The van der Waals surface area contributed by atoms with E-state index >= 15 is 0 Å². The molecule has 120 valence electrons. The number of methoxy groups -OCH3 is 1. The Morgan fingerprint density at radius 3 is 2.71 bits per heavy atom. The van der Waals surface area contributed by atoms with Gasteiger partial charge in [0.1, 0.15) is 17.1 Å². The number of carbonyl (C=O) groups is 1. The molecule has 0 radical (unpaired) electrons. The maximum absolute atomic E-state index is 11.9. The van der Waals surface area contributed by atoms with Crippen molar-refractivity contribution >= 4 is 23.0 Å². The second-order valence-corrected chi connectivity index (χ2v) is 4.95. The summed E-state index contributed by atoms with van der Waals surface area (Å²) in [5.74, 6) is 0.416. The van der Waals surface area contributed by atoms with Crippen molar-refractivity contribution < 1.29 is 18.7 Å². The lowest BCUT2D eigenvalue weighted by Crippen LogP contribution is -2.04. The monoisotopic (exact) mass is 322 g/mol. The first-order valence-corrected chi connectivity index (χ1v) is 7.22. The quantitative estimate of drug-likeness (QED) is 0.319. The van der Waals surface area contributed by atoms with Gasteiger partial charge >= 0.3 is 11.6 Å². The van der Waals surface area contributed by atoms with Crippen LogP contribution in [-0.4, -0.2) is 13.1 Å². The van der Waals surface area contributed by atoms with E-state index < -0.39 is 11.6 Å². The van der Waals surface area contributed by atoms with Crippen LogP contribution in [0.3, 0.4) is 0 Å². The highest BCUT2D eigenvalue weighted by Gasteiger charge is 2.05. The molecule has 2 aromatic carbocycles. The summed E-state index contributed by atoms with van der Waals surface area (Å²) < 4.78 is 15.5. The van der Waals surface area contributed by atoms with Crippen LogP contribution < -0.4 is 15.1 Å². The van der Waals surface area contributed by atoms with Gasteiger partial charge in [-0.3, -0.25) is 0 Å². The molecule has 3 rings (SSSR count). The van der Waals surface area contributed by atoms with Crippen molar-refractivity contribution in [1.29, 1.82) is 0 Å². The first-order chi connectivity index (χ1) is 11.7. The Labute approximate surface area is 137 Å². The van der Waals surface area contributed by atoms with Crippen molar-refractivity contribution in [3.05, 3.63) is 76.7 Å². The Morgan fingerprint density at radius 1 is 1.08 bits per heavy atom. The van der Waals surface area contributed by atoms with Crippen LogP contribution in [0.15, 0.2) is 69.9 Å². The molecule has 0 atom stereocenters. The molecule has 0 unspecified atom stereocenters. The zero-order chi connectivity index (χ0) is 16.9.